The van der Waals surface area contributed by atoms with Crippen LogP contribution in [0.1, 0.15) is 34.0 Å². The molecule has 17 heavy (non-hydrogen) atoms. The van der Waals surface area contributed by atoms with E-state index in [0.29, 0.717) is 16.9 Å². The largest absolute Gasteiger partial charge is 0.398 e. The first kappa shape index (κ1) is 11.7. The van der Waals surface area contributed by atoms with Crippen molar-refractivity contribution in [2.24, 2.45) is 5.73 Å². The highest BCUT2D eigenvalue weighted by atomic mass is 32.1. The van der Waals surface area contributed by atoms with Crippen LogP contribution in [0.5, 0.6) is 0 Å². The standard InChI is InChI=1S/C11H12N4OS/c1-6(12)11-15-9(5-17-11)10(16)7-4-14-3-2-8(7)13/h2-6H,12H2,1H3,(H2,13,14). The molecule has 0 amide bonds. The zero-order valence-corrected chi connectivity index (χ0v) is 10.1. The molecule has 0 saturated heterocycles. The van der Waals surface area contributed by atoms with Gasteiger partial charge in [0, 0.05) is 23.5 Å². The number of nitrogens with two attached hydrogens (primary N) is 2. The highest BCUT2D eigenvalue weighted by Crippen LogP contribution is 2.20. The Morgan fingerprint density at radius 2 is 2.29 bits per heavy atom. The van der Waals surface area contributed by atoms with Crippen LogP contribution in [0.4, 0.5) is 5.69 Å². The quantitative estimate of drug-likeness (QED) is 0.800. The summed E-state index contributed by atoms with van der Waals surface area (Å²) in [4.78, 5) is 20.2. The van der Waals surface area contributed by atoms with Crippen LogP contribution in [-0.2, 0) is 0 Å². The van der Waals surface area contributed by atoms with E-state index in [4.69, 9.17) is 11.5 Å². The lowest BCUT2D eigenvalue weighted by molar-refractivity contribution is 0.103. The van der Waals surface area contributed by atoms with Gasteiger partial charge in [0.1, 0.15) is 10.7 Å². The maximum absolute atomic E-state index is 12.1. The Morgan fingerprint density at radius 3 is 2.88 bits per heavy atom. The SMILES string of the molecule is CC(N)c1nc(C(=O)c2cnccc2N)cs1. The molecule has 2 aromatic rings. The molecule has 0 aromatic carbocycles. The first-order chi connectivity index (χ1) is 8.09. The number of carbonyl (C=O) groups excluding carboxylic acids is 1. The van der Waals surface area contributed by atoms with E-state index in [-0.39, 0.29) is 11.8 Å². The number of ketones is 1. The second kappa shape index (κ2) is 4.60. The van der Waals surface area contributed by atoms with Gasteiger partial charge in [-0.25, -0.2) is 4.98 Å². The van der Waals surface area contributed by atoms with Gasteiger partial charge in [0.05, 0.1) is 11.6 Å². The van der Waals surface area contributed by atoms with Gasteiger partial charge >= 0.3 is 0 Å². The minimum absolute atomic E-state index is 0.173. The first-order valence-electron chi connectivity index (χ1n) is 5.04. The van der Waals surface area contributed by atoms with E-state index in [1.54, 1.807) is 17.6 Å². The molecule has 6 heteroatoms. The second-order valence-corrected chi connectivity index (χ2v) is 4.54. The van der Waals surface area contributed by atoms with Crippen LogP contribution in [-0.4, -0.2) is 15.8 Å². The van der Waals surface area contributed by atoms with E-state index in [0.717, 1.165) is 5.01 Å². The molecule has 0 aliphatic carbocycles. The Hall–Kier alpha value is -1.79. The average Bonchev–Trinajstić information content (AvgIpc) is 2.78. The molecule has 0 radical (unpaired) electrons. The predicted molar refractivity (Wildman–Crippen MR) is 66.8 cm³/mol. The minimum atomic E-state index is -0.223. The molecule has 2 rings (SSSR count). The summed E-state index contributed by atoms with van der Waals surface area (Å²) in [6.45, 7) is 1.82. The van der Waals surface area contributed by atoms with E-state index in [1.807, 2.05) is 6.92 Å². The third-order valence-corrected chi connectivity index (χ3v) is 3.29. The van der Waals surface area contributed by atoms with Crippen molar-refractivity contribution >= 4 is 22.8 Å². The molecule has 88 valence electrons. The summed E-state index contributed by atoms with van der Waals surface area (Å²) in [6.07, 6.45) is 2.99. The predicted octanol–water partition coefficient (Wildman–Crippen LogP) is 1.37. The lowest BCUT2D eigenvalue weighted by atomic mass is 10.1. The molecule has 4 N–H and O–H groups in total. The van der Waals surface area contributed by atoms with Crippen LogP contribution in [0.2, 0.25) is 0 Å². The van der Waals surface area contributed by atoms with Crippen molar-refractivity contribution in [1.82, 2.24) is 9.97 Å². The van der Waals surface area contributed by atoms with Crippen molar-refractivity contribution in [2.75, 3.05) is 5.73 Å². The van der Waals surface area contributed by atoms with Gasteiger partial charge < -0.3 is 11.5 Å². The number of hydrogen-bond acceptors (Lipinski definition) is 6. The zero-order valence-electron chi connectivity index (χ0n) is 9.25. The summed E-state index contributed by atoms with van der Waals surface area (Å²) < 4.78 is 0. The van der Waals surface area contributed by atoms with Gasteiger partial charge in [-0.2, -0.15) is 0 Å². The normalized spacial score (nSPS) is 12.4. The third-order valence-electron chi connectivity index (χ3n) is 2.24. The van der Waals surface area contributed by atoms with Crippen LogP contribution in [0.3, 0.4) is 0 Å². The average molecular weight is 248 g/mol. The summed E-state index contributed by atoms with van der Waals surface area (Å²) in [5.41, 5.74) is 12.5. The van der Waals surface area contributed by atoms with Crippen molar-refractivity contribution in [3.8, 4) is 0 Å². The summed E-state index contributed by atoms with van der Waals surface area (Å²) >= 11 is 1.37. The number of carbonyl (C=O) groups is 1. The van der Waals surface area contributed by atoms with Gasteiger partial charge in [0.2, 0.25) is 5.78 Å². The molecule has 5 nitrogen and oxygen atoms in total. The molecule has 2 heterocycles. The Bertz CT molecular complexity index is 550. The van der Waals surface area contributed by atoms with E-state index < -0.39 is 0 Å². The zero-order chi connectivity index (χ0) is 12.4. The van der Waals surface area contributed by atoms with E-state index in [2.05, 4.69) is 9.97 Å². The molecular formula is C11H12N4OS. The lowest BCUT2D eigenvalue weighted by Crippen LogP contribution is -2.08. The van der Waals surface area contributed by atoms with E-state index in [9.17, 15) is 4.79 Å². The highest BCUT2D eigenvalue weighted by Gasteiger charge is 2.16. The lowest BCUT2D eigenvalue weighted by Gasteiger charge is -2.01. The molecule has 0 aliphatic rings. The molecule has 0 saturated carbocycles. The molecule has 1 unspecified atom stereocenters. The summed E-state index contributed by atoms with van der Waals surface area (Å²) in [6, 6.07) is 1.42. The van der Waals surface area contributed by atoms with Crippen LogP contribution >= 0.6 is 11.3 Å². The number of nitrogen functional groups attached to an aromatic ring is 1. The smallest absolute Gasteiger partial charge is 0.215 e. The number of thiazole rings is 1. The number of nitrogens with zero attached hydrogens (tertiary/aromatic N) is 2. The minimum Gasteiger partial charge on any atom is -0.398 e. The van der Waals surface area contributed by atoms with E-state index >= 15 is 0 Å². The fraction of sp³-hybridized carbons (Fsp3) is 0.182. The first-order valence-corrected chi connectivity index (χ1v) is 5.92. The topological polar surface area (TPSA) is 94.9 Å². The summed E-state index contributed by atoms with van der Waals surface area (Å²) in [5, 5.41) is 2.42. The van der Waals surface area contributed by atoms with Gasteiger partial charge in [-0.1, -0.05) is 0 Å². The Morgan fingerprint density at radius 1 is 1.53 bits per heavy atom. The third kappa shape index (κ3) is 2.32. The number of anilines is 1. The molecule has 2 aromatic heterocycles. The summed E-state index contributed by atoms with van der Waals surface area (Å²) in [7, 11) is 0. The maximum atomic E-state index is 12.1. The highest BCUT2D eigenvalue weighted by molar-refractivity contribution is 7.09. The Balaban J connectivity index is 2.34. The number of pyridine rings is 1. The number of aromatic nitrogens is 2. The van der Waals surface area contributed by atoms with Crippen molar-refractivity contribution < 1.29 is 4.79 Å². The van der Waals surface area contributed by atoms with Gasteiger partial charge in [-0.15, -0.1) is 11.3 Å². The van der Waals surface area contributed by atoms with Crippen LogP contribution in [0, 0.1) is 0 Å². The van der Waals surface area contributed by atoms with Crippen molar-refractivity contribution in [3.63, 3.8) is 0 Å². The molecular weight excluding hydrogens is 236 g/mol. The van der Waals surface area contributed by atoms with Crippen LogP contribution in [0.15, 0.2) is 23.8 Å². The van der Waals surface area contributed by atoms with Crippen LogP contribution in [0.25, 0.3) is 0 Å². The van der Waals surface area contributed by atoms with E-state index in [1.165, 1.54) is 17.5 Å². The molecule has 0 aliphatic heterocycles. The fourth-order valence-corrected chi connectivity index (χ4v) is 2.09. The van der Waals surface area contributed by atoms with Crippen molar-refractivity contribution in [3.05, 3.63) is 40.1 Å². The Kier molecular flexibility index (Phi) is 3.16. The fourth-order valence-electron chi connectivity index (χ4n) is 1.33. The molecule has 0 fully saturated rings. The molecule has 0 spiro atoms. The van der Waals surface area contributed by atoms with Crippen molar-refractivity contribution in [2.45, 2.75) is 13.0 Å². The number of rotatable bonds is 3. The van der Waals surface area contributed by atoms with Crippen LogP contribution < -0.4 is 11.5 Å². The van der Waals surface area contributed by atoms with Gasteiger partial charge in [-0.05, 0) is 13.0 Å². The maximum Gasteiger partial charge on any atom is 0.215 e. The Labute approximate surface area is 103 Å². The monoisotopic (exact) mass is 248 g/mol. The van der Waals surface area contributed by atoms with Gasteiger partial charge in [0.25, 0.3) is 0 Å². The van der Waals surface area contributed by atoms with Gasteiger partial charge in [0.15, 0.2) is 0 Å². The number of hydrogen-bond donors (Lipinski definition) is 2. The van der Waals surface area contributed by atoms with Gasteiger partial charge in [-0.3, -0.25) is 9.78 Å². The molecule has 1 atom stereocenters. The second-order valence-electron chi connectivity index (χ2n) is 3.65. The van der Waals surface area contributed by atoms with Crippen molar-refractivity contribution in [1.29, 1.82) is 0 Å². The molecule has 0 bridgehead atoms. The summed E-state index contributed by atoms with van der Waals surface area (Å²) in [5.74, 6) is -0.223.